The van der Waals surface area contributed by atoms with Crippen LogP contribution in [0.25, 0.3) is 0 Å². The summed E-state index contributed by atoms with van der Waals surface area (Å²) >= 11 is 2.81. The Morgan fingerprint density at radius 3 is 2.77 bits per heavy atom. The molecule has 0 radical (unpaired) electrons. The number of carbonyl (C=O) groups excluding carboxylic acids is 1. The van der Waals surface area contributed by atoms with Crippen LogP contribution < -0.4 is 5.32 Å². The van der Waals surface area contributed by atoms with E-state index >= 15 is 0 Å². The van der Waals surface area contributed by atoms with E-state index in [1.807, 2.05) is 13.0 Å². The minimum atomic E-state index is -1.02. The number of aromatic nitrogens is 1. The van der Waals surface area contributed by atoms with Crippen molar-refractivity contribution in [2.45, 2.75) is 33.1 Å². The molecule has 2 aromatic heterocycles. The quantitative estimate of drug-likeness (QED) is 0.813. The van der Waals surface area contributed by atoms with Gasteiger partial charge in [-0.05, 0) is 25.0 Å². The third-order valence-electron chi connectivity index (χ3n) is 3.16. The molecular formula is C15H18N2O3S2. The van der Waals surface area contributed by atoms with E-state index < -0.39 is 5.97 Å². The van der Waals surface area contributed by atoms with Crippen LogP contribution in [-0.4, -0.2) is 28.5 Å². The number of aryl methyl sites for hydroxylation is 2. The molecule has 0 aliphatic carbocycles. The molecule has 0 atom stereocenters. The number of thiazole rings is 1. The Morgan fingerprint density at radius 2 is 2.14 bits per heavy atom. The molecule has 0 aliphatic heterocycles. The van der Waals surface area contributed by atoms with Crippen LogP contribution in [0.3, 0.4) is 0 Å². The van der Waals surface area contributed by atoms with Gasteiger partial charge in [-0.2, -0.15) is 0 Å². The van der Waals surface area contributed by atoms with Gasteiger partial charge in [-0.15, -0.1) is 22.7 Å². The molecule has 118 valence electrons. The van der Waals surface area contributed by atoms with Crippen LogP contribution in [0.4, 0.5) is 0 Å². The van der Waals surface area contributed by atoms with Crippen LogP contribution in [0.5, 0.6) is 0 Å². The summed E-state index contributed by atoms with van der Waals surface area (Å²) in [6.45, 7) is 4.61. The van der Waals surface area contributed by atoms with Gasteiger partial charge in [0.05, 0.1) is 9.88 Å². The average molecular weight is 338 g/mol. The zero-order chi connectivity index (χ0) is 16.1. The SMILES string of the molecule is CCCc1cc(C(=O)NCCc2nc(C(=O)O)cs2)sc1C. The molecule has 0 spiro atoms. The normalized spacial score (nSPS) is 10.6. The number of nitrogens with zero attached hydrogens (tertiary/aromatic N) is 1. The van der Waals surface area contributed by atoms with Crippen molar-refractivity contribution in [2.24, 2.45) is 0 Å². The van der Waals surface area contributed by atoms with Crippen molar-refractivity contribution in [3.05, 3.63) is 37.5 Å². The molecule has 0 saturated carbocycles. The van der Waals surface area contributed by atoms with Gasteiger partial charge in [-0.25, -0.2) is 9.78 Å². The number of amides is 1. The van der Waals surface area contributed by atoms with Gasteiger partial charge < -0.3 is 10.4 Å². The van der Waals surface area contributed by atoms with Crippen molar-refractivity contribution in [3.63, 3.8) is 0 Å². The number of carboxylic acid groups (broad SMARTS) is 1. The Balaban J connectivity index is 1.87. The summed E-state index contributed by atoms with van der Waals surface area (Å²) in [7, 11) is 0. The number of thiophene rings is 1. The van der Waals surface area contributed by atoms with Crippen molar-refractivity contribution in [1.82, 2.24) is 10.3 Å². The van der Waals surface area contributed by atoms with E-state index in [1.165, 1.54) is 38.5 Å². The predicted molar refractivity (Wildman–Crippen MR) is 88.2 cm³/mol. The lowest BCUT2D eigenvalue weighted by Gasteiger charge is -2.01. The summed E-state index contributed by atoms with van der Waals surface area (Å²) < 4.78 is 0. The van der Waals surface area contributed by atoms with Gasteiger partial charge in [0.2, 0.25) is 0 Å². The van der Waals surface area contributed by atoms with Gasteiger partial charge >= 0.3 is 5.97 Å². The Hall–Kier alpha value is -1.73. The lowest BCUT2D eigenvalue weighted by molar-refractivity contribution is 0.0690. The second kappa shape index (κ2) is 7.51. The van der Waals surface area contributed by atoms with Crippen LogP contribution in [0.1, 0.15) is 49.0 Å². The number of hydrogen-bond donors (Lipinski definition) is 2. The van der Waals surface area contributed by atoms with E-state index in [9.17, 15) is 9.59 Å². The van der Waals surface area contributed by atoms with Gasteiger partial charge in [0.25, 0.3) is 5.91 Å². The molecule has 2 rings (SSSR count). The first-order valence-electron chi connectivity index (χ1n) is 7.06. The maximum absolute atomic E-state index is 12.1. The standard InChI is InChI=1S/C15H18N2O3S2/c1-3-4-10-7-12(22-9(10)2)14(18)16-6-5-13-17-11(8-21-13)15(19)20/h7-8H,3-6H2,1-2H3,(H,16,18)(H,19,20). The Bertz CT molecular complexity index is 676. The van der Waals surface area contributed by atoms with Gasteiger partial charge in [0.1, 0.15) is 0 Å². The highest BCUT2D eigenvalue weighted by atomic mass is 32.1. The van der Waals surface area contributed by atoms with Crippen LogP contribution in [0.15, 0.2) is 11.4 Å². The molecule has 0 saturated heterocycles. The molecular weight excluding hydrogens is 320 g/mol. The molecule has 5 nitrogen and oxygen atoms in total. The van der Waals surface area contributed by atoms with Crippen molar-refractivity contribution in [3.8, 4) is 0 Å². The van der Waals surface area contributed by atoms with Crippen molar-refractivity contribution in [2.75, 3.05) is 6.54 Å². The van der Waals surface area contributed by atoms with E-state index in [-0.39, 0.29) is 11.6 Å². The third kappa shape index (κ3) is 4.14. The first-order chi connectivity index (χ1) is 10.5. The van der Waals surface area contributed by atoms with E-state index in [1.54, 1.807) is 0 Å². The van der Waals surface area contributed by atoms with E-state index in [4.69, 9.17) is 5.11 Å². The number of carboxylic acids is 1. The zero-order valence-electron chi connectivity index (χ0n) is 12.5. The fourth-order valence-electron chi connectivity index (χ4n) is 2.04. The summed E-state index contributed by atoms with van der Waals surface area (Å²) in [6.07, 6.45) is 2.59. The second-order valence-electron chi connectivity index (χ2n) is 4.88. The van der Waals surface area contributed by atoms with E-state index in [0.29, 0.717) is 18.0 Å². The highest BCUT2D eigenvalue weighted by Crippen LogP contribution is 2.22. The smallest absolute Gasteiger partial charge is 0.355 e. The summed E-state index contributed by atoms with van der Waals surface area (Å²) in [5, 5.41) is 13.9. The van der Waals surface area contributed by atoms with E-state index in [0.717, 1.165) is 17.7 Å². The minimum Gasteiger partial charge on any atom is -0.476 e. The number of carbonyl (C=O) groups is 2. The molecule has 7 heteroatoms. The number of hydrogen-bond acceptors (Lipinski definition) is 5. The fourth-order valence-corrected chi connectivity index (χ4v) is 3.80. The summed E-state index contributed by atoms with van der Waals surface area (Å²) in [5.41, 5.74) is 1.30. The number of nitrogens with one attached hydrogen (secondary N) is 1. The topological polar surface area (TPSA) is 79.3 Å². The van der Waals surface area contributed by atoms with Gasteiger partial charge in [0.15, 0.2) is 5.69 Å². The van der Waals surface area contributed by atoms with Crippen LogP contribution in [0.2, 0.25) is 0 Å². The lowest BCUT2D eigenvalue weighted by Crippen LogP contribution is -2.24. The predicted octanol–water partition coefficient (Wildman–Crippen LogP) is 3.14. The van der Waals surface area contributed by atoms with Crippen molar-refractivity contribution >= 4 is 34.6 Å². The van der Waals surface area contributed by atoms with Crippen molar-refractivity contribution in [1.29, 1.82) is 0 Å². The maximum Gasteiger partial charge on any atom is 0.355 e. The molecule has 2 aromatic rings. The highest BCUT2D eigenvalue weighted by Gasteiger charge is 2.12. The first-order valence-corrected chi connectivity index (χ1v) is 8.76. The summed E-state index contributed by atoms with van der Waals surface area (Å²) in [6, 6.07) is 1.96. The van der Waals surface area contributed by atoms with Gasteiger partial charge in [-0.1, -0.05) is 13.3 Å². The molecule has 22 heavy (non-hydrogen) atoms. The second-order valence-corrected chi connectivity index (χ2v) is 7.08. The van der Waals surface area contributed by atoms with Crippen molar-refractivity contribution < 1.29 is 14.7 Å². The molecule has 1 amide bonds. The molecule has 0 fully saturated rings. The molecule has 0 unspecified atom stereocenters. The number of aromatic carboxylic acids is 1. The third-order valence-corrected chi connectivity index (χ3v) is 5.16. The van der Waals surface area contributed by atoms with Crippen LogP contribution >= 0.6 is 22.7 Å². The minimum absolute atomic E-state index is 0.0596. The fraction of sp³-hybridized carbons (Fsp3) is 0.400. The summed E-state index contributed by atoms with van der Waals surface area (Å²) in [5.74, 6) is -1.10. The Kier molecular flexibility index (Phi) is 5.68. The van der Waals surface area contributed by atoms with Crippen LogP contribution in [-0.2, 0) is 12.8 Å². The number of rotatable bonds is 7. The van der Waals surface area contributed by atoms with Crippen LogP contribution in [0, 0.1) is 6.92 Å². The molecule has 0 aromatic carbocycles. The largest absolute Gasteiger partial charge is 0.476 e. The average Bonchev–Trinajstić information content (AvgIpc) is 3.07. The zero-order valence-corrected chi connectivity index (χ0v) is 14.1. The first kappa shape index (κ1) is 16.6. The lowest BCUT2D eigenvalue weighted by atomic mass is 10.1. The van der Waals surface area contributed by atoms with Gasteiger partial charge in [0, 0.05) is 23.2 Å². The molecule has 2 N–H and O–H groups in total. The Labute approximate surface area is 137 Å². The summed E-state index contributed by atoms with van der Waals surface area (Å²) in [4.78, 5) is 28.8. The highest BCUT2D eigenvalue weighted by molar-refractivity contribution is 7.14. The maximum atomic E-state index is 12.1. The van der Waals surface area contributed by atoms with Gasteiger partial charge in [-0.3, -0.25) is 4.79 Å². The monoisotopic (exact) mass is 338 g/mol. The Morgan fingerprint density at radius 1 is 1.36 bits per heavy atom. The molecule has 0 bridgehead atoms. The van der Waals surface area contributed by atoms with E-state index in [2.05, 4.69) is 17.2 Å². The molecule has 0 aliphatic rings. The molecule has 2 heterocycles.